The van der Waals surface area contributed by atoms with Crippen LogP contribution >= 0.6 is 0 Å². The number of anilines is 1. The molecule has 5 rings (SSSR count). The summed E-state index contributed by atoms with van der Waals surface area (Å²) in [6, 6.07) is 4.87. The average Bonchev–Trinajstić information content (AvgIpc) is 2.59. The van der Waals surface area contributed by atoms with Crippen molar-refractivity contribution in [1.29, 1.82) is 0 Å². The number of nitrogens with one attached hydrogen (secondary N) is 1. The van der Waals surface area contributed by atoms with E-state index in [9.17, 15) is 22.8 Å². The fourth-order valence-corrected chi connectivity index (χ4v) is 6.09. The molecule has 1 aromatic rings. The van der Waals surface area contributed by atoms with E-state index in [2.05, 4.69) is 5.32 Å². The summed E-state index contributed by atoms with van der Waals surface area (Å²) in [6.45, 7) is -0.243. The number of halogens is 3. The van der Waals surface area contributed by atoms with Crippen molar-refractivity contribution in [1.82, 2.24) is 4.90 Å². The summed E-state index contributed by atoms with van der Waals surface area (Å²) in [4.78, 5) is 26.9. The molecular formula is C21H25F3N2O2. The van der Waals surface area contributed by atoms with Gasteiger partial charge in [-0.25, -0.2) is 0 Å². The molecule has 0 saturated heterocycles. The zero-order valence-corrected chi connectivity index (χ0v) is 15.9. The molecule has 1 aromatic carbocycles. The molecule has 2 amide bonds. The van der Waals surface area contributed by atoms with Gasteiger partial charge in [0.05, 0.1) is 23.2 Å². The van der Waals surface area contributed by atoms with Crippen LogP contribution in [-0.4, -0.2) is 30.3 Å². The van der Waals surface area contributed by atoms with Crippen molar-refractivity contribution < 1.29 is 22.8 Å². The second-order valence-corrected chi connectivity index (χ2v) is 8.95. The van der Waals surface area contributed by atoms with Crippen LogP contribution in [0.5, 0.6) is 0 Å². The highest BCUT2D eigenvalue weighted by Gasteiger charge is 2.55. The van der Waals surface area contributed by atoms with E-state index in [1.54, 1.807) is 7.05 Å². The van der Waals surface area contributed by atoms with Crippen LogP contribution in [-0.2, 0) is 15.8 Å². The van der Waals surface area contributed by atoms with E-state index in [1.807, 2.05) is 0 Å². The zero-order chi connectivity index (χ0) is 20.1. The van der Waals surface area contributed by atoms with Crippen molar-refractivity contribution in [2.75, 3.05) is 18.9 Å². The lowest BCUT2D eigenvalue weighted by atomic mass is 9.49. The monoisotopic (exact) mass is 394 g/mol. The van der Waals surface area contributed by atoms with Gasteiger partial charge in [-0.2, -0.15) is 13.2 Å². The Labute approximate surface area is 162 Å². The first-order valence-corrected chi connectivity index (χ1v) is 9.88. The van der Waals surface area contributed by atoms with E-state index in [-0.39, 0.29) is 23.6 Å². The van der Waals surface area contributed by atoms with Gasteiger partial charge in [-0.3, -0.25) is 9.59 Å². The Balaban J connectivity index is 1.42. The molecule has 1 N–H and O–H groups in total. The number of hydrogen-bond acceptors (Lipinski definition) is 2. The fraction of sp³-hybridized carbons (Fsp3) is 0.619. The van der Waals surface area contributed by atoms with Crippen LogP contribution in [0, 0.1) is 23.2 Å². The first-order valence-electron chi connectivity index (χ1n) is 9.88. The number of alkyl halides is 3. The molecule has 4 saturated carbocycles. The second kappa shape index (κ2) is 6.78. The number of rotatable bonds is 4. The quantitative estimate of drug-likeness (QED) is 0.827. The van der Waals surface area contributed by atoms with Crippen LogP contribution in [0.25, 0.3) is 0 Å². The van der Waals surface area contributed by atoms with E-state index in [1.165, 1.54) is 42.4 Å². The molecule has 0 aliphatic heterocycles. The Hall–Kier alpha value is -2.05. The third kappa shape index (κ3) is 3.51. The maximum absolute atomic E-state index is 13.2. The zero-order valence-electron chi connectivity index (χ0n) is 15.9. The van der Waals surface area contributed by atoms with Gasteiger partial charge in [0.1, 0.15) is 0 Å². The average molecular weight is 394 g/mol. The number of nitrogens with zero attached hydrogens (tertiary/aromatic N) is 1. The lowest BCUT2D eigenvalue weighted by Crippen LogP contribution is -2.54. The molecule has 0 heterocycles. The Kier molecular flexibility index (Phi) is 4.67. The normalized spacial score (nSPS) is 30.9. The van der Waals surface area contributed by atoms with Crippen molar-refractivity contribution in [3.63, 3.8) is 0 Å². The van der Waals surface area contributed by atoms with E-state index >= 15 is 0 Å². The van der Waals surface area contributed by atoms with Crippen molar-refractivity contribution in [3.05, 3.63) is 29.8 Å². The lowest BCUT2D eigenvalue weighted by Gasteiger charge is -2.56. The molecule has 4 aliphatic rings. The summed E-state index contributed by atoms with van der Waals surface area (Å²) in [5.74, 6) is 1.19. The Morgan fingerprint density at radius 3 is 2.14 bits per heavy atom. The third-order valence-corrected chi connectivity index (χ3v) is 6.73. The number of hydrogen-bond donors (Lipinski definition) is 1. The number of carbonyl (C=O) groups is 2. The van der Waals surface area contributed by atoms with Crippen LogP contribution in [0.4, 0.5) is 18.9 Å². The highest BCUT2D eigenvalue weighted by atomic mass is 19.4. The van der Waals surface area contributed by atoms with Gasteiger partial charge >= 0.3 is 6.18 Å². The van der Waals surface area contributed by atoms with Crippen LogP contribution in [0.15, 0.2) is 24.3 Å². The predicted octanol–water partition coefficient (Wildman–Crippen LogP) is 4.32. The third-order valence-electron chi connectivity index (χ3n) is 6.73. The SMILES string of the molecule is CN(CC(=O)Nc1ccccc1C(F)(F)F)C(=O)C12CC3CC(CC(C3)C1)C2. The topological polar surface area (TPSA) is 49.4 Å². The van der Waals surface area contributed by atoms with E-state index in [4.69, 9.17) is 0 Å². The molecule has 0 atom stereocenters. The van der Waals surface area contributed by atoms with Crippen LogP contribution < -0.4 is 5.32 Å². The molecule has 0 radical (unpaired) electrons. The number of benzene rings is 1. The maximum Gasteiger partial charge on any atom is 0.418 e. The summed E-state index contributed by atoms with van der Waals surface area (Å²) in [7, 11) is 1.58. The first-order chi connectivity index (χ1) is 13.2. The lowest BCUT2D eigenvalue weighted by molar-refractivity contribution is -0.157. The van der Waals surface area contributed by atoms with Crippen LogP contribution in [0.3, 0.4) is 0 Å². The standard InChI is InChI=1S/C21H25F3N2O2/c1-26(12-18(27)25-17-5-3-2-4-16(17)21(22,23)24)19(28)20-9-13-6-14(10-20)8-15(7-13)11-20/h2-5,13-15H,6-12H2,1H3,(H,25,27). The molecule has 28 heavy (non-hydrogen) atoms. The first kappa shape index (κ1) is 19.3. The molecule has 7 heteroatoms. The number of para-hydroxylation sites is 1. The summed E-state index contributed by atoms with van der Waals surface area (Å²) in [5, 5.41) is 2.32. The predicted molar refractivity (Wildman–Crippen MR) is 98.3 cm³/mol. The Morgan fingerprint density at radius 2 is 1.61 bits per heavy atom. The van der Waals surface area contributed by atoms with Crippen molar-refractivity contribution in [2.24, 2.45) is 23.2 Å². The summed E-state index contributed by atoms with van der Waals surface area (Å²) in [5.41, 5.74) is -1.54. The Morgan fingerprint density at radius 1 is 1.07 bits per heavy atom. The highest BCUT2D eigenvalue weighted by molar-refractivity contribution is 5.96. The number of carbonyl (C=O) groups excluding carboxylic acids is 2. The van der Waals surface area contributed by atoms with Gasteiger partial charge in [-0.15, -0.1) is 0 Å². The van der Waals surface area contributed by atoms with Crippen LogP contribution in [0.2, 0.25) is 0 Å². The molecule has 0 unspecified atom stereocenters. The van der Waals surface area contributed by atoms with E-state index in [0.717, 1.165) is 25.3 Å². The highest BCUT2D eigenvalue weighted by Crippen LogP contribution is 2.60. The summed E-state index contributed by atoms with van der Waals surface area (Å²) >= 11 is 0. The largest absolute Gasteiger partial charge is 0.418 e. The van der Waals surface area contributed by atoms with Gasteiger partial charge in [-0.1, -0.05) is 12.1 Å². The minimum absolute atomic E-state index is 0.0224. The minimum atomic E-state index is -4.55. The van der Waals surface area contributed by atoms with Crippen LogP contribution in [0.1, 0.15) is 44.1 Å². The van der Waals surface area contributed by atoms with Gasteiger partial charge in [0, 0.05) is 7.05 Å². The molecule has 0 spiro atoms. The molecule has 4 aliphatic carbocycles. The van der Waals surface area contributed by atoms with Crippen molar-refractivity contribution >= 4 is 17.5 Å². The molecular weight excluding hydrogens is 369 g/mol. The summed E-state index contributed by atoms with van der Waals surface area (Å²) < 4.78 is 39.3. The maximum atomic E-state index is 13.2. The van der Waals surface area contributed by atoms with Gasteiger partial charge in [0.2, 0.25) is 11.8 Å². The molecule has 4 fully saturated rings. The number of likely N-dealkylation sites (N-methyl/N-ethyl adjacent to an activating group) is 1. The smallest absolute Gasteiger partial charge is 0.336 e. The molecule has 152 valence electrons. The van der Waals surface area contributed by atoms with Gasteiger partial charge in [0.15, 0.2) is 0 Å². The van der Waals surface area contributed by atoms with Crippen molar-refractivity contribution in [2.45, 2.75) is 44.7 Å². The van der Waals surface area contributed by atoms with Gasteiger partial charge in [0.25, 0.3) is 0 Å². The Bertz CT molecular complexity index is 755. The summed E-state index contributed by atoms with van der Waals surface area (Å²) in [6.07, 6.45) is 1.76. The molecule has 4 nitrogen and oxygen atoms in total. The molecule has 4 bridgehead atoms. The second-order valence-electron chi connectivity index (χ2n) is 8.95. The van der Waals surface area contributed by atoms with Gasteiger partial charge in [-0.05, 0) is 68.4 Å². The number of amides is 2. The molecule has 0 aromatic heterocycles. The van der Waals surface area contributed by atoms with Crippen molar-refractivity contribution in [3.8, 4) is 0 Å². The minimum Gasteiger partial charge on any atom is -0.336 e. The van der Waals surface area contributed by atoms with Gasteiger partial charge < -0.3 is 10.2 Å². The fourth-order valence-electron chi connectivity index (χ4n) is 6.09. The van der Waals surface area contributed by atoms with E-state index in [0.29, 0.717) is 17.8 Å². The van der Waals surface area contributed by atoms with E-state index < -0.39 is 17.6 Å².